The molecule has 4 rings (SSSR count). The van der Waals surface area contributed by atoms with E-state index < -0.39 is 5.91 Å². The summed E-state index contributed by atoms with van der Waals surface area (Å²) in [5.41, 5.74) is 1.86. The van der Waals surface area contributed by atoms with Crippen molar-refractivity contribution in [1.82, 2.24) is 5.06 Å². The molecule has 31 heavy (non-hydrogen) atoms. The molecule has 2 aromatic rings. The van der Waals surface area contributed by atoms with E-state index in [1.165, 1.54) is 5.06 Å². The zero-order valence-electron chi connectivity index (χ0n) is 17.0. The SMILES string of the molecule is CC1=CC2=NC(=O)/C(=C/c3ccc(OCCOc4ccc(Cl)c(C)c4)cc3)C(=N)N2O1. The molecule has 0 spiro atoms. The molecular weight excluding hydrogens is 418 g/mol. The molecule has 0 radical (unpaired) electrons. The van der Waals surface area contributed by atoms with Gasteiger partial charge in [0, 0.05) is 11.1 Å². The second-order valence-electron chi connectivity index (χ2n) is 7.00. The number of fused-ring (bicyclic) bond motifs is 1. The van der Waals surface area contributed by atoms with Gasteiger partial charge in [0.15, 0.2) is 11.7 Å². The molecule has 2 aliphatic heterocycles. The van der Waals surface area contributed by atoms with Crippen molar-refractivity contribution < 1.29 is 19.1 Å². The van der Waals surface area contributed by atoms with Gasteiger partial charge in [-0.1, -0.05) is 23.7 Å². The summed E-state index contributed by atoms with van der Waals surface area (Å²) >= 11 is 6.01. The Balaban J connectivity index is 1.34. The molecule has 2 aromatic carbocycles. The number of rotatable bonds is 6. The third kappa shape index (κ3) is 4.62. The molecule has 0 aliphatic carbocycles. The van der Waals surface area contributed by atoms with Crippen molar-refractivity contribution in [3.05, 3.63) is 76.0 Å². The molecule has 0 unspecified atom stereocenters. The highest BCUT2D eigenvalue weighted by atomic mass is 35.5. The van der Waals surface area contributed by atoms with Crippen molar-refractivity contribution in [2.24, 2.45) is 4.99 Å². The number of nitrogens with zero attached hydrogens (tertiary/aromatic N) is 2. The summed E-state index contributed by atoms with van der Waals surface area (Å²) in [5.74, 6) is 1.80. The van der Waals surface area contributed by atoms with Crippen LogP contribution in [0.3, 0.4) is 0 Å². The topological polar surface area (TPSA) is 84.2 Å². The lowest BCUT2D eigenvalue weighted by atomic mass is 10.1. The van der Waals surface area contributed by atoms with Crippen LogP contribution in [-0.2, 0) is 9.63 Å². The van der Waals surface area contributed by atoms with Gasteiger partial charge in [0.1, 0.15) is 30.5 Å². The van der Waals surface area contributed by atoms with E-state index in [4.69, 9.17) is 31.3 Å². The molecule has 8 heteroatoms. The van der Waals surface area contributed by atoms with Gasteiger partial charge in [0.05, 0.1) is 5.57 Å². The zero-order valence-corrected chi connectivity index (χ0v) is 17.8. The predicted molar refractivity (Wildman–Crippen MR) is 118 cm³/mol. The minimum absolute atomic E-state index is 0.0435. The Labute approximate surface area is 184 Å². The van der Waals surface area contributed by atoms with Crippen LogP contribution in [0, 0.1) is 12.3 Å². The first kappa shape index (κ1) is 20.7. The lowest BCUT2D eigenvalue weighted by molar-refractivity contribution is -0.114. The van der Waals surface area contributed by atoms with Crippen LogP contribution in [0.5, 0.6) is 11.5 Å². The maximum atomic E-state index is 12.3. The molecular formula is C23H20ClN3O4. The molecule has 0 saturated heterocycles. The monoisotopic (exact) mass is 437 g/mol. The lowest BCUT2D eigenvalue weighted by Gasteiger charge is -2.22. The van der Waals surface area contributed by atoms with Gasteiger partial charge in [-0.25, -0.2) is 0 Å². The molecule has 0 saturated carbocycles. The highest BCUT2D eigenvalue weighted by Crippen LogP contribution is 2.24. The molecule has 2 aliphatic rings. The number of hydrogen-bond donors (Lipinski definition) is 1. The van der Waals surface area contributed by atoms with E-state index in [1.807, 2.05) is 19.1 Å². The number of aryl methyl sites for hydroxylation is 1. The van der Waals surface area contributed by atoms with Crippen molar-refractivity contribution in [3.63, 3.8) is 0 Å². The molecule has 0 aromatic heterocycles. The number of hydrogen-bond acceptors (Lipinski definition) is 5. The largest absolute Gasteiger partial charge is 0.490 e. The highest BCUT2D eigenvalue weighted by molar-refractivity contribution is 6.32. The van der Waals surface area contributed by atoms with Crippen LogP contribution < -0.4 is 9.47 Å². The van der Waals surface area contributed by atoms with E-state index >= 15 is 0 Å². The van der Waals surface area contributed by atoms with E-state index in [1.54, 1.807) is 49.4 Å². The molecule has 0 atom stereocenters. The van der Waals surface area contributed by atoms with Gasteiger partial charge in [0.2, 0.25) is 0 Å². The quantitative estimate of drug-likeness (QED) is 0.529. The number of amidine groups is 2. The first-order valence-electron chi connectivity index (χ1n) is 9.62. The Morgan fingerprint density at radius 2 is 1.77 bits per heavy atom. The van der Waals surface area contributed by atoms with Crippen LogP contribution in [0.25, 0.3) is 6.08 Å². The number of nitrogens with one attached hydrogen (secondary N) is 1. The number of aliphatic imine (C=N–C) groups is 1. The fraction of sp³-hybridized carbons (Fsp3) is 0.174. The Kier molecular flexibility index (Phi) is 5.77. The van der Waals surface area contributed by atoms with Gasteiger partial charge >= 0.3 is 0 Å². The molecule has 7 nitrogen and oxygen atoms in total. The summed E-state index contributed by atoms with van der Waals surface area (Å²) < 4.78 is 11.4. The Bertz CT molecular complexity index is 1140. The molecule has 0 fully saturated rings. The number of hydroxylamine groups is 2. The number of carbonyl (C=O) groups excluding carboxylic acids is 1. The van der Waals surface area contributed by atoms with Crippen LogP contribution >= 0.6 is 11.6 Å². The first-order valence-corrected chi connectivity index (χ1v) is 10.0. The van der Waals surface area contributed by atoms with E-state index in [0.29, 0.717) is 35.6 Å². The number of allylic oxidation sites excluding steroid dienone is 1. The average molecular weight is 438 g/mol. The highest BCUT2D eigenvalue weighted by Gasteiger charge is 2.34. The second-order valence-corrected chi connectivity index (χ2v) is 7.41. The number of carbonyl (C=O) groups is 1. The summed E-state index contributed by atoms with van der Waals surface area (Å²) in [6, 6.07) is 12.7. The third-order valence-corrected chi connectivity index (χ3v) is 5.05. The van der Waals surface area contributed by atoms with Gasteiger partial charge in [-0.15, -0.1) is 5.06 Å². The maximum Gasteiger partial charge on any atom is 0.282 e. The number of amides is 1. The van der Waals surface area contributed by atoms with Gasteiger partial charge in [-0.05, 0) is 61.4 Å². The molecule has 1 N–H and O–H groups in total. The van der Waals surface area contributed by atoms with Gasteiger partial charge < -0.3 is 14.3 Å². The second kappa shape index (κ2) is 8.65. The average Bonchev–Trinajstić information content (AvgIpc) is 3.12. The van der Waals surface area contributed by atoms with E-state index in [0.717, 1.165) is 16.9 Å². The number of ether oxygens (including phenoxy) is 2. The third-order valence-electron chi connectivity index (χ3n) is 4.62. The van der Waals surface area contributed by atoms with E-state index in [9.17, 15) is 4.79 Å². The van der Waals surface area contributed by atoms with Crippen LogP contribution in [0.1, 0.15) is 18.1 Å². The van der Waals surface area contributed by atoms with Crippen molar-refractivity contribution >= 4 is 35.3 Å². The normalized spacial score (nSPS) is 16.6. The van der Waals surface area contributed by atoms with Crippen LogP contribution in [-0.4, -0.2) is 35.9 Å². The molecule has 1 amide bonds. The van der Waals surface area contributed by atoms with Crippen LogP contribution in [0.15, 0.2) is 64.9 Å². The van der Waals surface area contributed by atoms with Crippen molar-refractivity contribution in [2.45, 2.75) is 13.8 Å². The smallest absolute Gasteiger partial charge is 0.282 e. The van der Waals surface area contributed by atoms with Crippen LogP contribution in [0.2, 0.25) is 5.02 Å². The molecule has 2 heterocycles. The maximum absolute atomic E-state index is 12.3. The first-order chi connectivity index (χ1) is 14.9. The fourth-order valence-electron chi connectivity index (χ4n) is 3.05. The fourth-order valence-corrected chi connectivity index (χ4v) is 3.17. The Hall–Kier alpha value is -3.58. The zero-order chi connectivity index (χ0) is 22.0. The van der Waals surface area contributed by atoms with Crippen molar-refractivity contribution in [2.75, 3.05) is 13.2 Å². The Morgan fingerprint density at radius 1 is 1.10 bits per heavy atom. The van der Waals surface area contributed by atoms with Crippen LogP contribution in [0.4, 0.5) is 0 Å². The molecule has 0 bridgehead atoms. The summed E-state index contributed by atoms with van der Waals surface area (Å²) in [6.45, 7) is 4.43. The lowest BCUT2D eigenvalue weighted by Crippen LogP contribution is -2.38. The van der Waals surface area contributed by atoms with Crippen molar-refractivity contribution in [3.8, 4) is 11.5 Å². The Morgan fingerprint density at radius 3 is 2.48 bits per heavy atom. The van der Waals surface area contributed by atoms with Crippen molar-refractivity contribution in [1.29, 1.82) is 5.41 Å². The predicted octanol–water partition coefficient (Wildman–Crippen LogP) is 4.56. The minimum Gasteiger partial charge on any atom is -0.490 e. The number of halogens is 1. The van der Waals surface area contributed by atoms with Gasteiger partial charge in [-0.3, -0.25) is 10.2 Å². The number of benzene rings is 2. The summed E-state index contributed by atoms with van der Waals surface area (Å²) in [7, 11) is 0. The summed E-state index contributed by atoms with van der Waals surface area (Å²) in [4.78, 5) is 21.7. The summed E-state index contributed by atoms with van der Waals surface area (Å²) in [6.07, 6.45) is 3.23. The van der Waals surface area contributed by atoms with E-state index in [-0.39, 0.29) is 11.4 Å². The van der Waals surface area contributed by atoms with E-state index in [2.05, 4.69) is 4.99 Å². The standard InChI is InChI=1S/C23H20ClN3O4/c1-14-11-18(7-8-20(14)24)30-10-9-29-17-5-3-16(4-6-17)13-19-22(25)27-21(26-23(19)28)12-15(2)31-27/h3-8,11-13,25H,9-10H2,1-2H3/b19-13+,25-22?. The van der Waals surface area contributed by atoms with Gasteiger partial charge in [0.25, 0.3) is 5.91 Å². The van der Waals surface area contributed by atoms with Gasteiger partial charge in [-0.2, -0.15) is 4.99 Å². The minimum atomic E-state index is -0.472. The summed E-state index contributed by atoms with van der Waals surface area (Å²) in [5, 5.41) is 10.2. The molecule has 158 valence electrons.